The van der Waals surface area contributed by atoms with Crippen molar-refractivity contribution in [2.24, 2.45) is 0 Å². The maximum atomic E-state index is 10.5. The highest BCUT2D eigenvalue weighted by Gasteiger charge is 2.07. The Morgan fingerprint density at radius 3 is 2.69 bits per heavy atom. The maximum Gasteiger partial charge on any atom is 0.504 e. The minimum absolute atomic E-state index is 0.0790. The van der Waals surface area contributed by atoms with Crippen molar-refractivity contribution in [2.45, 2.75) is 0 Å². The topological polar surface area (TPSA) is 66.8 Å². The fraction of sp³-hybridized carbons (Fsp3) is 0. The van der Waals surface area contributed by atoms with Crippen molar-refractivity contribution >= 4 is 25.3 Å². The van der Waals surface area contributed by atoms with E-state index in [2.05, 4.69) is 0 Å². The number of halogens is 1. The maximum absolute atomic E-state index is 10.5. The normalized spacial score (nSPS) is 9.38. The Bertz CT molecular complexity index is 328. The van der Waals surface area contributed by atoms with Gasteiger partial charge in [0.05, 0.1) is 10.6 Å². The molecule has 13 heavy (non-hydrogen) atoms. The molecule has 0 aliphatic carbocycles. The van der Waals surface area contributed by atoms with Gasteiger partial charge in [-0.05, 0) is 18.2 Å². The van der Waals surface area contributed by atoms with E-state index < -0.39 is 13.7 Å². The Morgan fingerprint density at radius 1 is 1.54 bits per heavy atom. The lowest BCUT2D eigenvalue weighted by molar-refractivity contribution is 0.0697. The highest BCUT2D eigenvalue weighted by atomic mass is 35.5. The van der Waals surface area contributed by atoms with Crippen LogP contribution in [0.3, 0.4) is 0 Å². The summed E-state index contributed by atoms with van der Waals surface area (Å²) in [5.74, 6) is -0.799. The summed E-state index contributed by atoms with van der Waals surface area (Å²) in [6.45, 7) is 0. The van der Waals surface area contributed by atoms with Gasteiger partial charge in [-0.15, -0.1) is 0 Å². The van der Waals surface area contributed by atoms with E-state index in [0.29, 0.717) is 0 Å². The summed E-state index contributed by atoms with van der Waals surface area (Å²) in [6, 6.07) is 4.00. The zero-order valence-electron chi connectivity index (χ0n) is 6.53. The Balaban J connectivity index is 2.98. The third kappa shape index (κ3) is 2.37. The van der Waals surface area contributed by atoms with Crippen LogP contribution in [0.4, 0.5) is 0 Å². The monoisotopic (exact) mass is 200 g/mol. The van der Waals surface area contributed by atoms with E-state index in [1.54, 1.807) is 0 Å². The van der Waals surface area contributed by atoms with E-state index in [4.69, 9.17) is 26.4 Å². The smallest absolute Gasteiger partial charge is 0.504 e. The van der Waals surface area contributed by atoms with Crippen LogP contribution in [0.2, 0.25) is 5.02 Å². The summed E-state index contributed by atoms with van der Waals surface area (Å²) in [6.07, 6.45) is 0. The first kappa shape index (κ1) is 9.89. The Labute approximate surface area is 80.0 Å². The van der Waals surface area contributed by atoms with Crippen LogP contribution in [0.15, 0.2) is 18.2 Å². The van der Waals surface area contributed by atoms with Gasteiger partial charge < -0.3 is 14.8 Å². The molecule has 0 aromatic heterocycles. The van der Waals surface area contributed by atoms with E-state index in [9.17, 15) is 4.79 Å². The van der Waals surface area contributed by atoms with Crippen molar-refractivity contribution in [2.75, 3.05) is 0 Å². The SMILES string of the molecule is O=C(O)c1ccc(OBO)c(Cl)c1. The van der Waals surface area contributed by atoms with Crippen LogP contribution in [0.25, 0.3) is 0 Å². The summed E-state index contributed by atoms with van der Waals surface area (Å²) >= 11 is 5.65. The second kappa shape index (κ2) is 4.16. The number of hydrogen-bond donors (Lipinski definition) is 2. The number of carboxylic acids is 1. The highest BCUT2D eigenvalue weighted by molar-refractivity contribution is 6.33. The van der Waals surface area contributed by atoms with E-state index in [1.165, 1.54) is 18.2 Å². The number of rotatable bonds is 3. The predicted octanol–water partition coefficient (Wildman–Crippen LogP) is 0.676. The van der Waals surface area contributed by atoms with Gasteiger partial charge in [-0.3, -0.25) is 0 Å². The fourth-order valence-corrected chi connectivity index (χ4v) is 1.06. The van der Waals surface area contributed by atoms with Crippen LogP contribution >= 0.6 is 11.6 Å². The highest BCUT2D eigenvalue weighted by Crippen LogP contribution is 2.24. The van der Waals surface area contributed by atoms with Crippen molar-refractivity contribution in [1.82, 2.24) is 0 Å². The van der Waals surface area contributed by atoms with Crippen molar-refractivity contribution in [3.8, 4) is 5.75 Å². The van der Waals surface area contributed by atoms with Gasteiger partial charge in [0.2, 0.25) is 0 Å². The van der Waals surface area contributed by atoms with Crippen LogP contribution in [-0.4, -0.2) is 23.8 Å². The Hall–Kier alpha value is -1.20. The van der Waals surface area contributed by atoms with Gasteiger partial charge in [-0.25, -0.2) is 4.79 Å². The molecule has 1 rings (SSSR count). The Kier molecular flexibility index (Phi) is 3.16. The molecular formula is C7H6BClO4. The predicted molar refractivity (Wildman–Crippen MR) is 48.4 cm³/mol. The van der Waals surface area contributed by atoms with Gasteiger partial charge in [0, 0.05) is 0 Å². The minimum Gasteiger partial charge on any atom is -0.538 e. The molecule has 0 saturated carbocycles. The van der Waals surface area contributed by atoms with Crippen LogP contribution in [0.1, 0.15) is 10.4 Å². The zero-order valence-corrected chi connectivity index (χ0v) is 7.28. The number of benzene rings is 1. The van der Waals surface area contributed by atoms with Gasteiger partial charge in [-0.2, -0.15) is 0 Å². The molecule has 0 atom stereocenters. The second-order valence-corrected chi connectivity index (χ2v) is 2.63. The van der Waals surface area contributed by atoms with Crippen molar-refractivity contribution in [1.29, 1.82) is 0 Å². The summed E-state index contributed by atoms with van der Waals surface area (Å²) in [5, 5.41) is 17.2. The third-order valence-corrected chi connectivity index (χ3v) is 1.69. The molecule has 1 aromatic rings. The molecular weight excluding hydrogens is 194 g/mol. The lowest BCUT2D eigenvalue weighted by Crippen LogP contribution is -2.02. The molecule has 0 spiro atoms. The van der Waals surface area contributed by atoms with Crippen LogP contribution < -0.4 is 4.65 Å². The summed E-state index contributed by atoms with van der Waals surface area (Å²) in [4.78, 5) is 10.5. The van der Waals surface area contributed by atoms with E-state index >= 15 is 0 Å². The first-order chi connectivity index (χ1) is 6.15. The van der Waals surface area contributed by atoms with E-state index in [0.717, 1.165) is 0 Å². The molecule has 0 unspecified atom stereocenters. The lowest BCUT2D eigenvalue weighted by Gasteiger charge is -2.04. The van der Waals surface area contributed by atoms with Crippen molar-refractivity contribution < 1.29 is 19.6 Å². The molecule has 4 nitrogen and oxygen atoms in total. The molecule has 68 valence electrons. The molecule has 0 amide bonds. The van der Waals surface area contributed by atoms with Gasteiger partial charge in [0.15, 0.2) is 0 Å². The first-order valence-electron chi connectivity index (χ1n) is 3.41. The Morgan fingerprint density at radius 2 is 2.23 bits per heavy atom. The van der Waals surface area contributed by atoms with Gasteiger partial charge in [-0.1, -0.05) is 11.6 Å². The van der Waals surface area contributed by atoms with Gasteiger partial charge in [0.25, 0.3) is 0 Å². The van der Waals surface area contributed by atoms with Crippen LogP contribution in [0, 0.1) is 0 Å². The molecule has 2 N–H and O–H groups in total. The average molecular weight is 200 g/mol. The molecule has 0 aliphatic rings. The fourth-order valence-electron chi connectivity index (χ4n) is 0.820. The van der Waals surface area contributed by atoms with Crippen LogP contribution in [0.5, 0.6) is 5.75 Å². The summed E-state index contributed by atoms with van der Waals surface area (Å²) < 4.78 is 4.70. The summed E-state index contributed by atoms with van der Waals surface area (Å²) in [7, 11) is -0.494. The number of carboxylic acid groups (broad SMARTS) is 1. The number of hydrogen-bond acceptors (Lipinski definition) is 3. The first-order valence-corrected chi connectivity index (χ1v) is 3.79. The number of carbonyl (C=O) groups is 1. The molecule has 1 aromatic carbocycles. The molecule has 6 heteroatoms. The van der Waals surface area contributed by atoms with Crippen LogP contribution in [-0.2, 0) is 0 Å². The van der Waals surface area contributed by atoms with Crippen molar-refractivity contribution in [3.05, 3.63) is 28.8 Å². The third-order valence-electron chi connectivity index (χ3n) is 1.40. The summed E-state index contributed by atoms with van der Waals surface area (Å²) in [5.41, 5.74) is 0.0790. The molecule has 0 bridgehead atoms. The van der Waals surface area contributed by atoms with E-state index in [-0.39, 0.29) is 16.3 Å². The lowest BCUT2D eigenvalue weighted by atomic mass is 10.2. The van der Waals surface area contributed by atoms with Gasteiger partial charge >= 0.3 is 13.7 Å². The standard InChI is InChI=1S/C7H6BClO4/c9-5-3-4(7(10)11)1-2-6(5)13-8-12/h1-3,8,12H,(H,10,11). The zero-order chi connectivity index (χ0) is 9.84. The largest absolute Gasteiger partial charge is 0.538 e. The average Bonchev–Trinajstić information content (AvgIpc) is 2.08. The van der Waals surface area contributed by atoms with Gasteiger partial charge in [0.1, 0.15) is 5.75 Å². The van der Waals surface area contributed by atoms with Crippen molar-refractivity contribution in [3.63, 3.8) is 0 Å². The second-order valence-electron chi connectivity index (χ2n) is 2.22. The minimum atomic E-state index is -1.06. The number of aromatic carboxylic acids is 1. The molecule has 0 fully saturated rings. The molecule has 0 aliphatic heterocycles. The molecule has 0 heterocycles. The molecule has 0 saturated heterocycles. The molecule has 0 radical (unpaired) electrons. The van der Waals surface area contributed by atoms with E-state index in [1.807, 2.05) is 0 Å². The quantitative estimate of drug-likeness (QED) is 0.704.